The lowest BCUT2D eigenvalue weighted by Crippen LogP contribution is -2.61. The van der Waals surface area contributed by atoms with Crippen LogP contribution < -0.4 is 10.6 Å². The summed E-state index contributed by atoms with van der Waals surface area (Å²) in [6.07, 6.45) is 9.26. The molecule has 182 valence electrons. The van der Waals surface area contributed by atoms with E-state index in [4.69, 9.17) is 0 Å². The Bertz CT molecular complexity index is 888. The van der Waals surface area contributed by atoms with Crippen LogP contribution in [0.15, 0.2) is 17.5 Å². The number of piperidine rings is 1. The highest BCUT2D eigenvalue weighted by atomic mass is 32.1. The second kappa shape index (κ2) is 8.58. The Hall–Kier alpha value is -1.56. The van der Waals surface area contributed by atoms with Gasteiger partial charge in [-0.25, -0.2) is 4.79 Å². The summed E-state index contributed by atoms with van der Waals surface area (Å²) in [5.41, 5.74) is 0.581. The molecule has 4 fully saturated rings. The van der Waals surface area contributed by atoms with Crippen LogP contribution in [0, 0.1) is 34.5 Å². The number of fused-ring (bicyclic) bond motifs is 5. The fourth-order valence-corrected chi connectivity index (χ4v) is 9.60. The third kappa shape index (κ3) is 3.81. The van der Waals surface area contributed by atoms with E-state index in [1.165, 1.54) is 37.0 Å². The van der Waals surface area contributed by atoms with Gasteiger partial charge in [0.15, 0.2) is 0 Å². The lowest BCUT2D eigenvalue weighted by Gasteiger charge is -2.62. The summed E-state index contributed by atoms with van der Waals surface area (Å²) >= 11 is 1.68. The molecule has 8 atom stereocenters. The van der Waals surface area contributed by atoms with Gasteiger partial charge in [-0.15, -0.1) is 11.3 Å². The van der Waals surface area contributed by atoms with E-state index in [9.17, 15) is 9.59 Å². The summed E-state index contributed by atoms with van der Waals surface area (Å²) in [6, 6.07) is 4.65. The van der Waals surface area contributed by atoms with Crippen molar-refractivity contribution >= 4 is 23.3 Å². The maximum atomic E-state index is 12.6. The van der Waals surface area contributed by atoms with E-state index in [-0.39, 0.29) is 17.5 Å². The summed E-state index contributed by atoms with van der Waals surface area (Å²) in [7, 11) is 2.04. The fraction of sp³-hybridized carbons (Fsp3) is 0.778. The fourth-order valence-electron chi connectivity index (χ4n) is 8.95. The van der Waals surface area contributed by atoms with E-state index in [0.29, 0.717) is 29.8 Å². The zero-order valence-corrected chi connectivity index (χ0v) is 21.5. The minimum Gasteiger partial charge on any atom is -0.342 e. The Labute approximate surface area is 203 Å². The molecule has 0 radical (unpaired) electrons. The van der Waals surface area contributed by atoms with Gasteiger partial charge >= 0.3 is 6.03 Å². The molecular weight excluding hydrogens is 430 g/mol. The molecule has 5 rings (SSSR count). The number of rotatable bonds is 4. The van der Waals surface area contributed by atoms with Gasteiger partial charge in [-0.3, -0.25) is 4.79 Å². The number of urea groups is 1. The molecule has 3 amide bonds. The third-order valence-corrected chi connectivity index (χ3v) is 11.5. The van der Waals surface area contributed by atoms with Gasteiger partial charge in [0.25, 0.3) is 0 Å². The van der Waals surface area contributed by atoms with Gasteiger partial charge in [0.1, 0.15) is 0 Å². The Balaban J connectivity index is 1.25. The van der Waals surface area contributed by atoms with Crippen molar-refractivity contribution in [1.82, 2.24) is 15.5 Å². The molecule has 33 heavy (non-hydrogen) atoms. The lowest BCUT2D eigenvalue weighted by molar-refractivity contribution is -0.158. The molecule has 0 spiro atoms. The van der Waals surface area contributed by atoms with Crippen LogP contribution in [-0.2, 0) is 11.3 Å². The quantitative estimate of drug-likeness (QED) is 0.616. The third-order valence-electron chi connectivity index (χ3n) is 10.6. The number of likely N-dealkylation sites (tertiary alicyclic amines) is 1. The maximum absolute atomic E-state index is 12.6. The van der Waals surface area contributed by atoms with E-state index in [1.54, 1.807) is 11.3 Å². The molecule has 6 heteroatoms. The van der Waals surface area contributed by atoms with Crippen LogP contribution in [0.25, 0.3) is 0 Å². The average Bonchev–Trinajstić information content (AvgIpc) is 3.42. The number of amides is 3. The molecule has 2 N–H and O–H groups in total. The Kier molecular flexibility index (Phi) is 6.03. The molecule has 0 bridgehead atoms. The molecule has 5 nitrogen and oxygen atoms in total. The molecule has 1 saturated heterocycles. The zero-order chi connectivity index (χ0) is 23.4. The predicted molar refractivity (Wildman–Crippen MR) is 133 cm³/mol. The first-order valence-electron chi connectivity index (χ1n) is 13.1. The standard InChI is InChI=1S/C27H41N3O2S/c1-17(29-25(32)28-16-18-6-5-15-33-18)20-8-9-21-19-7-10-23-27(3,14-12-24(31)30(23)4)22(19)11-13-26(20,21)2/h5-6,15,17,19-23H,7-14,16H2,1-4H3,(H2,28,29,32)/t17?,19-,20+,21-,22-,23?,26+,27+/m0/s1. The number of nitrogens with zero attached hydrogens (tertiary/aromatic N) is 1. The van der Waals surface area contributed by atoms with Gasteiger partial charge in [0, 0.05) is 30.4 Å². The second-order valence-corrected chi connectivity index (χ2v) is 12.9. The maximum Gasteiger partial charge on any atom is 0.315 e. The van der Waals surface area contributed by atoms with Gasteiger partial charge in [0.05, 0.1) is 6.54 Å². The number of thiophene rings is 1. The Morgan fingerprint density at radius 1 is 1.15 bits per heavy atom. The average molecular weight is 472 g/mol. The summed E-state index contributed by atoms with van der Waals surface area (Å²) < 4.78 is 0. The van der Waals surface area contributed by atoms with E-state index in [0.717, 1.165) is 37.0 Å². The van der Waals surface area contributed by atoms with Crippen LogP contribution in [0.3, 0.4) is 0 Å². The first-order chi connectivity index (χ1) is 15.7. The van der Waals surface area contributed by atoms with Crippen molar-refractivity contribution in [2.45, 2.75) is 90.8 Å². The second-order valence-electron chi connectivity index (χ2n) is 11.9. The van der Waals surface area contributed by atoms with Crippen LogP contribution in [-0.4, -0.2) is 36.0 Å². The van der Waals surface area contributed by atoms with Gasteiger partial charge in [-0.05, 0) is 97.8 Å². The highest BCUT2D eigenvalue weighted by Crippen LogP contribution is 2.66. The van der Waals surface area contributed by atoms with Crippen LogP contribution in [0.1, 0.15) is 77.0 Å². The molecule has 3 saturated carbocycles. The Morgan fingerprint density at radius 2 is 1.94 bits per heavy atom. The van der Waals surface area contributed by atoms with E-state index in [2.05, 4.69) is 42.4 Å². The summed E-state index contributed by atoms with van der Waals surface area (Å²) in [4.78, 5) is 28.3. The molecule has 2 heterocycles. The lowest BCUT2D eigenvalue weighted by atomic mass is 9.46. The molecule has 4 aliphatic rings. The van der Waals surface area contributed by atoms with Crippen molar-refractivity contribution in [1.29, 1.82) is 0 Å². The monoisotopic (exact) mass is 471 g/mol. The minimum absolute atomic E-state index is 0.0421. The highest BCUT2D eigenvalue weighted by Gasteiger charge is 2.61. The number of hydrogen-bond acceptors (Lipinski definition) is 3. The van der Waals surface area contributed by atoms with E-state index < -0.39 is 0 Å². The molecule has 1 aliphatic heterocycles. The van der Waals surface area contributed by atoms with Crippen LogP contribution in [0.4, 0.5) is 4.79 Å². The van der Waals surface area contributed by atoms with Crippen molar-refractivity contribution in [2.24, 2.45) is 34.5 Å². The smallest absolute Gasteiger partial charge is 0.315 e. The molecular formula is C27H41N3O2S. The summed E-state index contributed by atoms with van der Waals surface area (Å²) in [5, 5.41) is 8.38. The molecule has 3 aliphatic carbocycles. The number of carbonyl (C=O) groups excluding carboxylic acids is 2. The molecule has 1 aromatic heterocycles. The molecule has 2 unspecified atom stereocenters. The van der Waals surface area contributed by atoms with Crippen molar-refractivity contribution in [2.75, 3.05) is 7.05 Å². The van der Waals surface area contributed by atoms with Crippen LogP contribution in [0.2, 0.25) is 0 Å². The van der Waals surface area contributed by atoms with Gasteiger partial charge in [-0.2, -0.15) is 0 Å². The Morgan fingerprint density at radius 3 is 2.70 bits per heavy atom. The van der Waals surface area contributed by atoms with Crippen molar-refractivity contribution in [3.05, 3.63) is 22.4 Å². The van der Waals surface area contributed by atoms with Crippen LogP contribution in [0.5, 0.6) is 0 Å². The van der Waals surface area contributed by atoms with Gasteiger partial charge in [0.2, 0.25) is 5.91 Å². The van der Waals surface area contributed by atoms with E-state index in [1.807, 2.05) is 18.5 Å². The number of nitrogens with one attached hydrogen (secondary N) is 2. The largest absolute Gasteiger partial charge is 0.342 e. The topological polar surface area (TPSA) is 61.4 Å². The predicted octanol–water partition coefficient (Wildman–Crippen LogP) is 5.42. The van der Waals surface area contributed by atoms with Crippen LogP contribution >= 0.6 is 11.3 Å². The zero-order valence-electron chi connectivity index (χ0n) is 20.7. The molecule has 0 aromatic carbocycles. The van der Waals surface area contributed by atoms with Gasteiger partial charge in [-0.1, -0.05) is 19.9 Å². The minimum atomic E-state index is -0.0421. The first kappa shape index (κ1) is 23.2. The summed E-state index contributed by atoms with van der Waals surface area (Å²) in [5.74, 6) is 3.14. The first-order valence-corrected chi connectivity index (χ1v) is 13.9. The highest BCUT2D eigenvalue weighted by molar-refractivity contribution is 7.09. The van der Waals surface area contributed by atoms with Gasteiger partial charge < -0.3 is 15.5 Å². The normalized spacial score (nSPS) is 41.0. The SMILES string of the molecule is CC(NC(=O)NCc1cccs1)[C@H]1CC[C@H]2[C@@H]3CCC4N(C)C(=O)CC[C@]4(C)[C@H]3CC[C@]12C. The van der Waals surface area contributed by atoms with Crippen molar-refractivity contribution in [3.8, 4) is 0 Å². The van der Waals surface area contributed by atoms with Crippen molar-refractivity contribution in [3.63, 3.8) is 0 Å². The summed E-state index contributed by atoms with van der Waals surface area (Å²) in [6.45, 7) is 7.84. The van der Waals surface area contributed by atoms with Crippen molar-refractivity contribution < 1.29 is 9.59 Å². The van der Waals surface area contributed by atoms with E-state index >= 15 is 0 Å². The number of carbonyl (C=O) groups is 2. The molecule has 1 aromatic rings. The number of hydrogen-bond donors (Lipinski definition) is 2.